The first-order valence-electron chi connectivity index (χ1n) is 9.90. The fourth-order valence-corrected chi connectivity index (χ4v) is 5.23. The van der Waals surface area contributed by atoms with Gasteiger partial charge in [-0.3, -0.25) is 0 Å². The lowest BCUT2D eigenvalue weighted by Gasteiger charge is -2.19. The van der Waals surface area contributed by atoms with Crippen molar-refractivity contribution in [1.29, 1.82) is 0 Å². The maximum Gasteiger partial charge on any atom is 0.146 e. The van der Waals surface area contributed by atoms with Crippen molar-refractivity contribution < 1.29 is 5.11 Å². The molecule has 0 bridgehead atoms. The minimum atomic E-state index is -0.212. The number of aliphatic hydroxyl groups excluding tert-OH is 1. The number of aromatic nitrogens is 3. The molecule has 0 unspecified atom stereocenters. The number of β-amino-alcohol motifs (C(OH)–C–C–N with tert-alkyl or cyclic N) is 1. The van der Waals surface area contributed by atoms with Crippen LogP contribution >= 0.6 is 0 Å². The van der Waals surface area contributed by atoms with Crippen LogP contribution in [0.5, 0.6) is 0 Å². The Labute approximate surface area is 149 Å². The lowest BCUT2D eigenvalue weighted by Crippen LogP contribution is -2.22. The monoisotopic (exact) mass is 340 g/mol. The topological polar surface area (TPSA) is 54.2 Å². The smallest absolute Gasteiger partial charge is 0.146 e. The number of hydrogen-bond acceptors (Lipinski definition) is 4. The largest absolute Gasteiger partial charge is 0.391 e. The van der Waals surface area contributed by atoms with Crippen LogP contribution in [0.4, 0.5) is 5.82 Å². The van der Waals surface area contributed by atoms with Gasteiger partial charge in [0.15, 0.2) is 0 Å². The normalized spacial score (nSPS) is 27.7. The van der Waals surface area contributed by atoms with Crippen LogP contribution in [-0.4, -0.2) is 38.8 Å². The third-order valence-electron chi connectivity index (χ3n) is 6.86. The predicted molar refractivity (Wildman–Crippen MR) is 98.9 cm³/mol. The molecule has 1 N–H and O–H groups in total. The minimum absolute atomic E-state index is 0.212. The van der Waals surface area contributed by atoms with E-state index in [0.717, 1.165) is 23.9 Å². The SMILES string of the molecule is Cc1c(C)n(C2CCCC2)c2ncnc(N3C[C@@H](O)[C@H](C4CC4)C3)c12. The number of aliphatic hydroxyl groups is 1. The molecule has 0 amide bonds. The molecular weight excluding hydrogens is 312 g/mol. The van der Waals surface area contributed by atoms with E-state index in [0.29, 0.717) is 18.5 Å². The average Bonchev–Trinajstić information content (AvgIpc) is 3.06. The first kappa shape index (κ1) is 15.6. The van der Waals surface area contributed by atoms with Crippen LogP contribution in [0.25, 0.3) is 11.0 Å². The molecule has 3 fully saturated rings. The Bertz CT molecular complexity index is 804. The molecule has 5 nitrogen and oxygen atoms in total. The fraction of sp³-hybridized carbons (Fsp3) is 0.700. The molecule has 2 aromatic heterocycles. The maximum atomic E-state index is 10.5. The van der Waals surface area contributed by atoms with E-state index in [4.69, 9.17) is 0 Å². The molecule has 2 saturated carbocycles. The van der Waals surface area contributed by atoms with Gasteiger partial charge in [-0.2, -0.15) is 0 Å². The van der Waals surface area contributed by atoms with Crippen LogP contribution in [-0.2, 0) is 0 Å². The first-order chi connectivity index (χ1) is 12.1. The lowest BCUT2D eigenvalue weighted by atomic mass is 10.0. The number of rotatable bonds is 3. The lowest BCUT2D eigenvalue weighted by molar-refractivity contribution is 0.137. The van der Waals surface area contributed by atoms with Gasteiger partial charge in [-0.15, -0.1) is 0 Å². The predicted octanol–water partition coefficient (Wildman–Crippen LogP) is 3.37. The molecule has 2 aromatic rings. The van der Waals surface area contributed by atoms with Crippen LogP contribution in [0.3, 0.4) is 0 Å². The van der Waals surface area contributed by atoms with Crippen LogP contribution in [0.15, 0.2) is 6.33 Å². The Kier molecular flexibility index (Phi) is 3.56. The van der Waals surface area contributed by atoms with Gasteiger partial charge in [0.2, 0.25) is 0 Å². The molecule has 3 aliphatic rings. The number of fused-ring (bicyclic) bond motifs is 1. The average molecular weight is 340 g/mol. The molecule has 1 saturated heterocycles. The minimum Gasteiger partial charge on any atom is -0.391 e. The second-order valence-corrected chi connectivity index (χ2v) is 8.39. The van der Waals surface area contributed by atoms with Crippen LogP contribution in [0.1, 0.15) is 55.8 Å². The molecule has 5 heteroatoms. The molecule has 3 heterocycles. The van der Waals surface area contributed by atoms with Crippen molar-refractivity contribution in [3.8, 4) is 0 Å². The molecule has 2 aliphatic carbocycles. The van der Waals surface area contributed by atoms with Gasteiger partial charge < -0.3 is 14.6 Å². The van der Waals surface area contributed by atoms with Crippen molar-refractivity contribution in [2.75, 3.05) is 18.0 Å². The zero-order valence-corrected chi connectivity index (χ0v) is 15.3. The Hall–Kier alpha value is -1.62. The Morgan fingerprint density at radius 3 is 2.52 bits per heavy atom. The molecule has 1 aliphatic heterocycles. The van der Waals surface area contributed by atoms with Crippen molar-refractivity contribution in [1.82, 2.24) is 14.5 Å². The molecule has 134 valence electrons. The third-order valence-corrected chi connectivity index (χ3v) is 6.86. The van der Waals surface area contributed by atoms with Crippen molar-refractivity contribution in [2.45, 2.75) is 64.5 Å². The summed E-state index contributed by atoms with van der Waals surface area (Å²) >= 11 is 0. The summed E-state index contributed by atoms with van der Waals surface area (Å²) < 4.78 is 2.47. The highest BCUT2D eigenvalue weighted by Crippen LogP contribution is 2.44. The van der Waals surface area contributed by atoms with Crippen LogP contribution < -0.4 is 4.90 Å². The van der Waals surface area contributed by atoms with E-state index in [1.54, 1.807) is 6.33 Å². The number of nitrogens with zero attached hydrogens (tertiary/aromatic N) is 4. The van der Waals surface area contributed by atoms with Crippen LogP contribution in [0.2, 0.25) is 0 Å². The maximum absolute atomic E-state index is 10.5. The van der Waals surface area contributed by atoms with Gasteiger partial charge in [-0.05, 0) is 51.0 Å². The van der Waals surface area contributed by atoms with E-state index in [9.17, 15) is 5.11 Å². The van der Waals surface area contributed by atoms with Crippen molar-refractivity contribution in [3.63, 3.8) is 0 Å². The van der Waals surface area contributed by atoms with Crippen molar-refractivity contribution >= 4 is 16.9 Å². The second-order valence-electron chi connectivity index (χ2n) is 8.39. The molecular formula is C20H28N4O. The zero-order valence-electron chi connectivity index (χ0n) is 15.3. The van der Waals surface area contributed by atoms with E-state index in [1.807, 2.05) is 0 Å². The third kappa shape index (κ3) is 2.39. The van der Waals surface area contributed by atoms with Gasteiger partial charge in [0.1, 0.15) is 17.8 Å². The van der Waals surface area contributed by atoms with E-state index in [2.05, 4.69) is 33.3 Å². The highest BCUT2D eigenvalue weighted by atomic mass is 16.3. The van der Waals surface area contributed by atoms with Gasteiger partial charge in [-0.25, -0.2) is 9.97 Å². The standard InChI is InChI=1S/C20H28N4O/c1-12-13(2)24(15-5-3-4-6-15)20-18(12)19(21-11-22-20)23-9-16(14-7-8-14)17(25)10-23/h11,14-17,25H,3-10H2,1-2H3/t16-,17+/m0/s1. The summed E-state index contributed by atoms with van der Waals surface area (Å²) in [7, 11) is 0. The van der Waals surface area contributed by atoms with E-state index in [1.165, 1.54) is 55.2 Å². The summed E-state index contributed by atoms with van der Waals surface area (Å²) in [6.45, 7) is 6.08. The van der Waals surface area contributed by atoms with Gasteiger partial charge in [0, 0.05) is 30.7 Å². The molecule has 25 heavy (non-hydrogen) atoms. The highest BCUT2D eigenvalue weighted by Gasteiger charge is 2.42. The summed E-state index contributed by atoms with van der Waals surface area (Å²) in [5.41, 5.74) is 3.74. The van der Waals surface area contributed by atoms with E-state index >= 15 is 0 Å². The summed E-state index contributed by atoms with van der Waals surface area (Å²) in [5, 5.41) is 11.7. The van der Waals surface area contributed by atoms with Gasteiger partial charge in [-0.1, -0.05) is 12.8 Å². The number of aryl methyl sites for hydroxylation is 1. The van der Waals surface area contributed by atoms with Crippen molar-refractivity contribution in [2.24, 2.45) is 11.8 Å². The quantitative estimate of drug-likeness (QED) is 0.931. The van der Waals surface area contributed by atoms with Crippen molar-refractivity contribution in [3.05, 3.63) is 17.6 Å². The van der Waals surface area contributed by atoms with E-state index in [-0.39, 0.29) is 6.10 Å². The first-order valence-corrected chi connectivity index (χ1v) is 9.90. The number of hydrogen-bond donors (Lipinski definition) is 1. The summed E-state index contributed by atoms with van der Waals surface area (Å²) in [4.78, 5) is 11.7. The Morgan fingerprint density at radius 2 is 1.80 bits per heavy atom. The second kappa shape index (κ2) is 5.70. The van der Waals surface area contributed by atoms with E-state index < -0.39 is 0 Å². The zero-order chi connectivity index (χ0) is 17.1. The van der Waals surface area contributed by atoms with Gasteiger partial charge in [0.25, 0.3) is 0 Å². The molecule has 5 rings (SSSR count). The number of anilines is 1. The summed E-state index contributed by atoms with van der Waals surface area (Å²) in [6, 6.07) is 0.585. The highest BCUT2D eigenvalue weighted by molar-refractivity contribution is 5.92. The van der Waals surface area contributed by atoms with Gasteiger partial charge >= 0.3 is 0 Å². The summed E-state index contributed by atoms with van der Waals surface area (Å²) in [6.07, 6.45) is 9.24. The Balaban J connectivity index is 1.59. The van der Waals surface area contributed by atoms with Crippen LogP contribution in [0, 0.1) is 25.7 Å². The molecule has 0 spiro atoms. The molecule has 2 atom stereocenters. The molecule has 0 aromatic carbocycles. The fourth-order valence-electron chi connectivity index (χ4n) is 5.23. The Morgan fingerprint density at radius 1 is 1.04 bits per heavy atom. The molecule has 0 radical (unpaired) electrons. The van der Waals surface area contributed by atoms with Gasteiger partial charge in [0.05, 0.1) is 11.5 Å². The summed E-state index contributed by atoms with van der Waals surface area (Å²) in [5.74, 6) is 2.18.